The number of carbonyl (C=O) groups is 1. The van der Waals surface area contributed by atoms with Gasteiger partial charge in [-0.3, -0.25) is 10.1 Å². The summed E-state index contributed by atoms with van der Waals surface area (Å²) < 4.78 is 39.9. The Morgan fingerprint density at radius 1 is 1.04 bits per heavy atom. The maximum atomic E-state index is 13.1. The van der Waals surface area contributed by atoms with E-state index in [9.17, 15) is 18.0 Å². The normalized spacial score (nSPS) is 10.7. The van der Waals surface area contributed by atoms with Crippen molar-refractivity contribution >= 4 is 34.1 Å². The third kappa shape index (κ3) is 4.80. The molecule has 0 aliphatic heterocycles. The van der Waals surface area contributed by atoms with Gasteiger partial charge in [-0.1, -0.05) is 29.2 Å². The average molecular weight is 381 g/mol. The molecule has 25 heavy (non-hydrogen) atoms. The number of aromatic nitrogens is 2. The lowest BCUT2D eigenvalue weighted by molar-refractivity contribution is 0.102. The second-order valence-electron chi connectivity index (χ2n) is 4.90. The van der Waals surface area contributed by atoms with Crippen LogP contribution in [0, 0.1) is 17.5 Å². The molecular weight excluding hydrogens is 371 g/mol. The molecule has 0 saturated heterocycles. The molecule has 0 atom stereocenters. The van der Waals surface area contributed by atoms with Gasteiger partial charge in [0.05, 0.1) is 0 Å². The Kier molecular flexibility index (Phi) is 5.34. The Bertz CT molecular complexity index is 897. The van der Waals surface area contributed by atoms with Crippen molar-refractivity contribution in [1.29, 1.82) is 0 Å². The lowest BCUT2D eigenvalue weighted by Gasteiger charge is -2.01. The van der Waals surface area contributed by atoms with Crippen molar-refractivity contribution in [2.24, 2.45) is 0 Å². The second-order valence-corrected chi connectivity index (χ2v) is 7.10. The fourth-order valence-electron chi connectivity index (χ4n) is 1.96. The molecule has 0 bridgehead atoms. The van der Waals surface area contributed by atoms with Crippen molar-refractivity contribution in [1.82, 2.24) is 10.2 Å². The molecule has 0 spiro atoms. The molecule has 1 amide bonds. The lowest BCUT2D eigenvalue weighted by atomic mass is 10.2. The van der Waals surface area contributed by atoms with E-state index >= 15 is 0 Å². The number of nitrogens with one attached hydrogen (secondary N) is 1. The van der Waals surface area contributed by atoms with Gasteiger partial charge in [0, 0.05) is 17.4 Å². The minimum atomic E-state index is -0.643. The van der Waals surface area contributed by atoms with Crippen molar-refractivity contribution in [3.63, 3.8) is 0 Å². The summed E-state index contributed by atoms with van der Waals surface area (Å²) >= 11 is 2.35. The highest BCUT2D eigenvalue weighted by atomic mass is 32.2. The predicted molar refractivity (Wildman–Crippen MR) is 90.2 cm³/mol. The van der Waals surface area contributed by atoms with E-state index in [1.165, 1.54) is 42.1 Å². The summed E-state index contributed by atoms with van der Waals surface area (Å²) in [7, 11) is 0. The van der Waals surface area contributed by atoms with E-state index in [0.29, 0.717) is 15.7 Å². The Labute approximate surface area is 149 Å². The van der Waals surface area contributed by atoms with Crippen molar-refractivity contribution < 1.29 is 18.0 Å². The monoisotopic (exact) mass is 381 g/mol. The minimum Gasteiger partial charge on any atom is -0.296 e. The van der Waals surface area contributed by atoms with Crippen LogP contribution in [-0.4, -0.2) is 16.1 Å². The van der Waals surface area contributed by atoms with Gasteiger partial charge in [-0.2, -0.15) is 0 Å². The molecule has 0 saturated carbocycles. The number of anilines is 1. The molecule has 4 nitrogen and oxygen atoms in total. The third-order valence-corrected chi connectivity index (χ3v) is 5.04. The Morgan fingerprint density at radius 2 is 1.80 bits per heavy atom. The molecule has 1 N–H and O–H groups in total. The fraction of sp³-hybridized carbons (Fsp3) is 0.0625. The zero-order valence-electron chi connectivity index (χ0n) is 12.5. The van der Waals surface area contributed by atoms with Gasteiger partial charge < -0.3 is 0 Å². The number of amides is 1. The number of thioether (sulfide) groups is 1. The molecule has 0 radical (unpaired) electrons. The number of rotatable bonds is 5. The third-order valence-electron chi connectivity index (χ3n) is 3.00. The molecule has 3 rings (SSSR count). The molecule has 1 heterocycles. The molecular formula is C16H10F3N3OS2. The number of halogens is 3. The Morgan fingerprint density at radius 3 is 2.52 bits per heavy atom. The molecule has 1 aromatic heterocycles. The lowest BCUT2D eigenvalue weighted by Crippen LogP contribution is -2.11. The van der Waals surface area contributed by atoms with Crippen molar-refractivity contribution in [2.75, 3.05) is 5.32 Å². The Balaban J connectivity index is 1.61. The SMILES string of the molecule is O=C(Nc1nnc(SCc2cc(F)cc(F)c2)s1)c1cccc(F)c1. The minimum absolute atomic E-state index is 0.166. The van der Waals surface area contributed by atoms with Crippen LogP contribution in [0.15, 0.2) is 46.8 Å². The molecule has 0 unspecified atom stereocenters. The van der Waals surface area contributed by atoms with Gasteiger partial charge >= 0.3 is 0 Å². The van der Waals surface area contributed by atoms with Crippen molar-refractivity contribution in [3.05, 3.63) is 71.0 Å². The van der Waals surface area contributed by atoms with Gasteiger partial charge in [-0.05, 0) is 35.9 Å². The van der Waals surface area contributed by atoms with Crippen LogP contribution in [0.5, 0.6) is 0 Å². The molecule has 0 aliphatic rings. The maximum absolute atomic E-state index is 13.1. The zero-order valence-corrected chi connectivity index (χ0v) is 14.1. The summed E-state index contributed by atoms with van der Waals surface area (Å²) in [5, 5.41) is 10.5. The summed E-state index contributed by atoms with van der Waals surface area (Å²) in [6, 6.07) is 8.56. The summed E-state index contributed by atoms with van der Waals surface area (Å²) in [5.41, 5.74) is 0.641. The molecule has 3 aromatic rings. The van der Waals surface area contributed by atoms with Gasteiger partial charge in [0.25, 0.3) is 5.91 Å². The van der Waals surface area contributed by atoms with Crippen LogP contribution in [0.25, 0.3) is 0 Å². The van der Waals surface area contributed by atoms with E-state index in [2.05, 4.69) is 15.5 Å². The van der Waals surface area contributed by atoms with Gasteiger partial charge in [-0.15, -0.1) is 10.2 Å². The highest BCUT2D eigenvalue weighted by Gasteiger charge is 2.11. The highest BCUT2D eigenvalue weighted by molar-refractivity contribution is 8.00. The quantitative estimate of drug-likeness (QED) is 0.522. The maximum Gasteiger partial charge on any atom is 0.257 e. The van der Waals surface area contributed by atoms with E-state index in [4.69, 9.17) is 0 Å². The first-order chi connectivity index (χ1) is 12.0. The number of carbonyl (C=O) groups excluding carboxylic acids is 1. The Hall–Kier alpha value is -2.39. The molecule has 9 heteroatoms. The van der Waals surface area contributed by atoms with Crippen LogP contribution >= 0.6 is 23.1 Å². The van der Waals surface area contributed by atoms with Crippen LogP contribution in [-0.2, 0) is 5.75 Å². The number of benzene rings is 2. The highest BCUT2D eigenvalue weighted by Crippen LogP contribution is 2.29. The first-order valence-corrected chi connectivity index (χ1v) is 8.78. The van der Waals surface area contributed by atoms with Gasteiger partial charge in [0.15, 0.2) is 4.34 Å². The van der Waals surface area contributed by atoms with E-state index in [0.717, 1.165) is 23.5 Å². The average Bonchev–Trinajstić information content (AvgIpc) is 2.99. The van der Waals surface area contributed by atoms with Crippen LogP contribution < -0.4 is 5.32 Å². The molecule has 128 valence electrons. The van der Waals surface area contributed by atoms with Gasteiger partial charge in [0.1, 0.15) is 17.5 Å². The van der Waals surface area contributed by atoms with Crippen LogP contribution in [0.1, 0.15) is 15.9 Å². The van der Waals surface area contributed by atoms with E-state index in [1.807, 2.05) is 0 Å². The van der Waals surface area contributed by atoms with Gasteiger partial charge in [0.2, 0.25) is 5.13 Å². The summed E-state index contributed by atoms with van der Waals surface area (Å²) in [5.74, 6) is -1.99. The topological polar surface area (TPSA) is 54.9 Å². The number of hydrogen-bond acceptors (Lipinski definition) is 5. The summed E-state index contributed by atoms with van der Waals surface area (Å²) in [4.78, 5) is 12.0. The van der Waals surface area contributed by atoms with Crippen LogP contribution in [0.4, 0.5) is 18.3 Å². The first kappa shape index (κ1) is 17.4. The molecule has 2 aromatic carbocycles. The van der Waals surface area contributed by atoms with Crippen molar-refractivity contribution in [3.8, 4) is 0 Å². The van der Waals surface area contributed by atoms with E-state index in [-0.39, 0.29) is 10.7 Å². The smallest absolute Gasteiger partial charge is 0.257 e. The zero-order chi connectivity index (χ0) is 17.8. The van der Waals surface area contributed by atoms with Crippen LogP contribution in [0.3, 0.4) is 0 Å². The van der Waals surface area contributed by atoms with E-state index < -0.39 is 23.4 Å². The van der Waals surface area contributed by atoms with E-state index in [1.54, 1.807) is 0 Å². The molecule has 0 aliphatic carbocycles. The standard InChI is InChI=1S/C16H10F3N3OS2/c17-11-3-1-2-10(6-11)14(23)20-15-21-22-16(25-15)24-8-9-4-12(18)7-13(19)5-9/h1-7H,8H2,(H,20,21,23). The largest absolute Gasteiger partial charge is 0.296 e. The van der Waals surface area contributed by atoms with Gasteiger partial charge in [-0.25, -0.2) is 13.2 Å². The summed E-state index contributed by atoms with van der Waals surface area (Å²) in [6.45, 7) is 0. The predicted octanol–water partition coefficient (Wildman–Crippen LogP) is 4.50. The molecule has 0 fully saturated rings. The van der Waals surface area contributed by atoms with Crippen LogP contribution in [0.2, 0.25) is 0 Å². The fourth-order valence-corrected chi connectivity index (χ4v) is 3.63. The number of hydrogen-bond donors (Lipinski definition) is 1. The van der Waals surface area contributed by atoms with Crippen molar-refractivity contribution in [2.45, 2.75) is 10.1 Å². The number of nitrogens with zero attached hydrogens (tertiary/aromatic N) is 2. The second kappa shape index (κ2) is 7.66. The first-order valence-electron chi connectivity index (χ1n) is 6.98. The summed E-state index contributed by atoms with van der Waals surface area (Å²) in [6.07, 6.45) is 0.